The van der Waals surface area contributed by atoms with E-state index in [-0.39, 0.29) is 0 Å². The molecule has 10 heavy (non-hydrogen) atoms. The number of nitrogens with zero attached hydrogens (tertiary/aromatic N) is 1. The Hall–Kier alpha value is -0.280. The van der Waals surface area contributed by atoms with Gasteiger partial charge in [0.05, 0.1) is 5.69 Å². The molecule has 0 saturated carbocycles. The molecule has 1 aromatic heterocycles. The van der Waals surface area contributed by atoms with Crippen molar-refractivity contribution in [3.63, 3.8) is 0 Å². The number of rotatable bonds is 2. The van der Waals surface area contributed by atoms with Gasteiger partial charge in [-0.25, -0.2) is 4.98 Å². The zero-order chi connectivity index (χ0) is 7.56. The summed E-state index contributed by atoms with van der Waals surface area (Å²) >= 11 is 3.40. The second kappa shape index (κ2) is 3.21. The van der Waals surface area contributed by atoms with Crippen molar-refractivity contribution in [1.29, 1.82) is 0 Å². The van der Waals surface area contributed by atoms with Crippen LogP contribution in [0, 0.1) is 6.92 Å². The van der Waals surface area contributed by atoms with Crippen LogP contribution in [0.1, 0.15) is 10.6 Å². The van der Waals surface area contributed by atoms with Crippen LogP contribution in [0.3, 0.4) is 0 Å². The van der Waals surface area contributed by atoms with Crippen LogP contribution in [0.2, 0.25) is 0 Å². The Morgan fingerprint density at radius 2 is 2.40 bits per heavy atom. The standard InChI is InChI=1S/C7H9NS2/c1-4-6-5(2)10-7(8-6)9-3/h4H,1H2,2-3H3. The summed E-state index contributed by atoms with van der Waals surface area (Å²) in [6.45, 7) is 5.74. The fraction of sp³-hybridized carbons (Fsp3) is 0.286. The normalized spacial score (nSPS) is 9.80. The Balaban J connectivity index is 3.03. The molecule has 0 fully saturated rings. The van der Waals surface area contributed by atoms with Gasteiger partial charge in [-0.15, -0.1) is 11.3 Å². The highest BCUT2D eigenvalue weighted by Gasteiger charge is 2.01. The van der Waals surface area contributed by atoms with E-state index in [0.29, 0.717) is 0 Å². The highest BCUT2D eigenvalue weighted by atomic mass is 32.2. The maximum Gasteiger partial charge on any atom is 0.150 e. The molecule has 0 atom stereocenters. The van der Waals surface area contributed by atoms with Gasteiger partial charge in [0, 0.05) is 4.88 Å². The molecule has 0 bridgehead atoms. The first kappa shape index (κ1) is 7.82. The second-order valence-electron chi connectivity index (χ2n) is 1.83. The smallest absolute Gasteiger partial charge is 0.150 e. The quantitative estimate of drug-likeness (QED) is 0.635. The number of aromatic nitrogens is 1. The average molecular weight is 171 g/mol. The van der Waals surface area contributed by atoms with Crippen LogP contribution in [0.25, 0.3) is 6.08 Å². The molecule has 0 radical (unpaired) electrons. The summed E-state index contributed by atoms with van der Waals surface area (Å²) in [6, 6.07) is 0. The highest BCUT2D eigenvalue weighted by Crippen LogP contribution is 2.25. The van der Waals surface area contributed by atoms with E-state index in [9.17, 15) is 0 Å². The lowest BCUT2D eigenvalue weighted by molar-refractivity contribution is 1.22. The van der Waals surface area contributed by atoms with Gasteiger partial charge in [0.15, 0.2) is 4.34 Å². The van der Waals surface area contributed by atoms with Crippen molar-refractivity contribution in [2.24, 2.45) is 0 Å². The minimum absolute atomic E-state index is 1.02. The molecule has 0 aromatic carbocycles. The monoisotopic (exact) mass is 171 g/mol. The van der Waals surface area contributed by atoms with Gasteiger partial charge in [-0.3, -0.25) is 0 Å². The van der Waals surface area contributed by atoms with E-state index in [1.54, 1.807) is 29.2 Å². The Morgan fingerprint density at radius 3 is 2.70 bits per heavy atom. The van der Waals surface area contributed by atoms with Crippen LogP contribution in [-0.2, 0) is 0 Å². The third-order valence-electron chi connectivity index (χ3n) is 1.18. The zero-order valence-corrected chi connectivity index (χ0v) is 7.68. The molecule has 0 aliphatic rings. The predicted octanol–water partition coefficient (Wildman–Crippen LogP) is 2.82. The SMILES string of the molecule is C=Cc1nc(SC)sc1C. The van der Waals surface area contributed by atoms with Crippen LogP contribution in [-0.4, -0.2) is 11.2 Å². The first-order valence-electron chi connectivity index (χ1n) is 2.91. The van der Waals surface area contributed by atoms with Crippen molar-refractivity contribution in [3.05, 3.63) is 17.2 Å². The maximum absolute atomic E-state index is 4.31. The van der Waals surface area contributed by atoms with Gasteiger partial charge >= 0.3 is 0 Å². The Kier molecular flexibility index (Phi) is 2.51. The lowest BCUT2D eigenvalue weighted by Crippen LogP contribution is -1.72. The fourth-order valence-electron chi connectivity index (χ4n) is 0.660. The van der Waals surface area contributed by atoms with Gasteiger partial charge in [-0.1, -0.05) is 18.3 Å². The highest BCUT2D eigenvalue weighted by molar-refractivity contribution is 8.00. The molecule has 0 N–H and O–H groups in total. The number of hydrogen-bond donors (Lipinski definition) is 0. The number of hydrogen-bond acceptors (Lipinski definition) is 3. The van der Waals surface area contributed by atoms with Gasteiger partial charge in [-0.05, 0) is 19.3 Å². The van der Waals surface area contributed by atoms with Crippen molar-refractivity contribution < 1.29 is 0 Å². The van der Waals surface area contributed by atoms with E-state index in [2.05, 4.69) is 18.5 Å². The van der Waals surface area contributed by atoms with Gasteiger partial charge < -0.3 is 0 Å². The summed E-state index contributed by atoms with van der Waals surface area (Å²) in [6.07, 6.45) is 3.83. The van der Waals surface area contributed by atoms with Crippen LogP contribution < -0.4 is 0 Å². The van der Waals surface area contributed by atoms with E-state index in [1.165, 1.54) is 4.88 Å². The molecule has 1 nitrogen and oxygen atoms in total. The summed E-state index contributed by atoms with van der Waals surface area (Å²) < 4.78 is 1.12. The van der Waals surface area contributed by atoms with Gasteiger partial charge in [-0.2, -0.15) is 0 Å². The molecule has 0 unspecified atom stereocenters. The average Bonchev–Trinajstić information content (AvgIpc) is 2.30. The topological polar surface area (TPSA) is 12.9 Å². The zero-order valence-electron chi connectivity index (χ0n) is 6.05. The Labute approximate surface area is 69.2 Å². The third kappa shape index (κ3) is 1.41. The Morgan fingerprint density at radius 1 is 1.70 bits per heavy atom. The molecular formula is C7H9NS2. The predicted molar refractivity (Wildman–Crippen MR) is 48.7 cm³/mol. The third-order valence-corrected chi connectivity index (χ3v) is 3.15. The van der Waals surface area contributed by atoms with Crippen molar-refractivity contribution in [2.75, 3.05) is 6.26 Å². The van der Waals surface area contributed by atoms with Crippen LogP contribution in [0.5, 0.6) is 0 Å². The molecular weight excluding hydrogens is 162 g/mol. The Bertz CT molecular complexity index is 240. The van der Waals surface area contributed by atoms with E-state index in [1.807, 2.05) is 6.26 Å². The number of thioether (sulfide) groups is 1. The fourth-order valence-corrected chi connectivity index (χ4v) is 2.20. The molecule has 0 aliphatic carbocycles. The molecule has 0 spiro atoms. The molecule has 1 heterocycles. The van der Waals surface area contributed by atoms with Crippen LogP contribution >= 0.6 is 23.1 Å². The van der Waals surface area contributed by atoms with Crippen LogP contribution in [0.15, 0.2) is 10.9 Å². The van der Waals surface area contributed by atoms with Gasteiger partial charge in [0.2, 0.25) is 0 Å². The molecule has 0 aliphatic heterocycles. The van der Waals surface area contributed by atoms with E-state index >= 15 is 0 Å². The maximum atomic E-state index is 4.31. The molecule has 54 valence electrons. The molecule has 0 amide bonds. The summed E-state index contributed by atoms with van der Waals surface area (Å²) in [4.78, 5) is 5.56. The van der Waals surface area contributed by atoms with E-state index < -0.39 is 0 Å². The van der Waals surface area contributed by atoms with Crippen molar-refractivity contribution in [1.82, 2.24) is 4.98 Å². The molecule has 0 saturated heterocycles. The van der Waals surface area contributed by atoms with E-state index in [0.717, 1.165) is 10.0 Å². The second-order valence-corrected chi connectivity index (χ2v) is 4.09. The first-order valence-corrected chi connectivity index (χ1v) is 4.96. The van der Waals surface area contributed by atoms with Crippen molar-refractivity contribution in [2.45, 2.75) is 11.3 Å². The molecule has 1 aromatic rings. The minimum Gasteiger partial charge on any atom is -0.230 e. The minimum atomic E-state index is 1.02. The number of aryl methyl sites for hydroxylation is 1. The largest absolute Gasteiger partial charge is 0.230 e. The van der Waals surface area contributed by atoms with Crippen molar-refractivity contribution in [3.8, 4) is 0 Å². The summed E-state index contributed by atoms with van der Waals surface area (Å²) in [5.74, 6) is 0. The van der Waals surface area contributed by atoms with Gasteiger partial charge in [0.25, 0.3) is 0 Å². The summed E-state index contributed by atoms with van der Waals surface area (Å²) in [5.41, 5.74) is 1.02. The van der Waals surface area contributed by atoms with Gasteiger partial charge in [0.1, 0.15) is 0 Å². The first-order chi connectivity index (χ1) is 4.77. The van der Waals surface area contributed by atoms with Crippen molar-refractivity contribution >= 4 is 29.2 Å². The summed E-state index contributed by atoms with van der Waals surface area (Å²) in [7, 11) is 0. The van der Waals surface area contributed by atoms with Crippen LogP contribution in [0.4, 0.5) is 0 Å². The lowest BCUT2D eigenvalue weighted by atomic mass is 10.4. The number of thiazole rings is 1. The molecule has 3 heteroatoms. The molecule has 1 rings (SSSR count). The lowest BCUT2D eigenvalue weighted by Gasteiger charge is -1.81. The van der Waals surface area contributed by atoms with E-state index in [4.69, 9.17) is 0 Å². The summed E-state index contributed by atoms with van der Waals surface area (Å²) in [5, 5.41) is 0.